The summed E-state index contributed by atoms with van der Waals surface area (Å²) in [5.41, 5.74) is 7.28. The molecule has 0 bridgehead atoms. The second-order valence-electron chi connectivity index (χ2n) is 7.87. The minimum absolute atomic E-state index is 0.0154. The third-order valence-corrected chi connectivity index (χ3v) is 5.06. The summed E-state index contributed by atoms with van der Waals surface area (Å²) in [5, 5.41) is -0.0309. The Morgan fingerprint density at radius 3 is 1.30 bits per heavy atom. The van der Waals surface area contributed by atoms with Gasteiger partial charge in [0.15, 0.2) is 0 Å². The van der Waals surface area contributed by atoms with Gasteiger partial charge in [-0.05, 0) is 74.8 Å². The summed E-state index contributed by atoms with van der Waals surface area (Å²) in [5.74, 6) is 0. The zero-order chi connectivity index (χ0) is 26.0. The molecule has 5 rings (SSSR count). The van der Waals surface area contributed by atoms with E-state index in [1.54, 1.807) is 0 Å². The predicted octanol–water partition coefficient (Wildman–Crippen LogP) is 7.35. The quantitative estimate of drug-likeness (QED) is 0.292. The summed E-state index contributed by atoms with van der Waals surface area (Å²) in [6, 6.07) is 10.3. The van der Waals surface area contributed by atoms with Gasteiger partial charge in [0, 0.05) is 11.1 Å². The van der Waals surface area contributed by atoms with E-state index < -0.39 is 12.1 Å². The molecule has 2 nitrogen and oxygen atoms in total. The van der Waals surface area contributed by atoms with Crippen molar-refractivity contribution in [3.63, 3.8) is 0 Å². The van der Waals surface area contributed by atoms with Gasteiger partial charge in [-0.15, -0.1) is 0 Å². The molecule has 0 fully saturated rings. The minimum atomic E-state index is -0.436. The highest BCUT2D eigenvalue weighted by molar-refractivity contribution is 5.97. The average molecular weight is 395 g/mol. The van der Waals surface area contributed by atoms with E-state index in [-0.39, 0.29) is 46.0 Å². The molecule has 30 heavy (non-hydrogen) atoms. The first-order valence-corrected chi connectivity index (χ1v) is 9.86. The number of rotatable bonds is 2. The van der Waals surface area contributed by atoms with Crippen LogP contribution in [-0.2, 0) is 0 Å². The Kier molecular flexibility index (Phi) is 3.04. The van der Waals surface area contributed by atoms with E-state index in [2.05, 4.69) is 12.1 Å². The Hall–Kier alpha value is -3.52. The fourth-order valence-corrected chi connectivity index (χ4v) is 3.97. The first kappa shape index (κ1) is 12.9. The van der Waals surface area contributed by atoms with Gasteiger partial charge in [-0.3, -0.25) is 0 Å². The Labute approximate surface area is 185 Å². The molecule has 0 amide bonds. The molecule has 0 saturated heterocycles. The van der Waals surface area contributed by atoms with Gasteiger partial charge in [-0.25, -0.2) is 9.97 Å². The average Bonchev–Trinajstić information content (AvgIpc) is 2.81. The molecule has 0 aliphatic rings. The van der Waals surface area contributed by atoms with Crippen molar-refractivity contribution in [2.24, 2.45) is 0 Å². The van der Waals surface area contributed by atoms with Crippen molar-refractivity contribution >= 4 is 21.8 Å². The lowest BCUT2D eigenvalue weighted by Gasteiger charge is -2.13. The summed E-state index contributed by atoms with van der Waals surface area (Å²) in [4.78, 5) is 9.75. The maximum atomic E-state index is 8.89. The molecule has 1 aromatic heterocycles. The van der Waals surface area contributed by atoms with Crippen LogP contribution in [0.25, 0.3) is 44.3 Å². The normalized spacial score (nSPS) is 14.1. The van der Waals surface area contributed by atoms with E-state index in [4.69, 9.17) is 18.2 Å². The van der Waals surface area contributed by atoms with E-state index >= 15 is 0 Å². The number of hydrogen-bond donors (Lipinski definition) is 0. The maximum absolute atomic E-state index is 8.89. The molecular formula is C28H24N2. The van der Waals surface area contributed by atoms with Crippen molar-refractivity contribution in [1.82, 2.24) is 9.97 Å². The smallest absolute Gasteiger partial charge is 0.0973 e. The zero-order valence-electron chi connectivity index (χ0n) is 23.4. The molecule has 0 N–H and O–H groups in total. The van der Waals surface area contributed by atoms with Crippen molar-refractivity contribution in [2.75, 3.05) is 0 Å². The molecular weight excluding hydrogens is 364 g/mol. The van der Waals surface area contributed by atoms with Crippen LogP contribution in [0.4, 0.5) is 0 Å². The van der Waals surface area contributed by atoms with Crippen LogP contribution >= 0.6 is 0 Å². The van der Waals surface area contributed by atoms with Gasteiger partial charge in [0.25, 0.3) is 0 Å². The van der Waals surface area contributed by atoms with E-state index in [0.717, 1.165) is 33.4 Å². The third kappa shape index (κ3) is 3.35. The molecule has 0 atom stereocenters. The van der Waals surface area contributed by atoms with Crippen molar-refractivity contribution in [3.8, 4) is 22.5 Å². The van der Waals surface area contributed by atoms with Crippen LogP contribution in [0.2, 0.25) is 0 Å². The summed E-state index contributed by atoms with van der Waals surface area (Å²) in [7, 11) is 0. The highest BCUT2D eigenvalue weighted by Gasteiger charge is 2.15. The first-order valence-electron chi connectivity index (χ1n) is 12.9. The molecule has 0 aliphatic heterocycles. The molecule has 0 spiro atoms. The lowest BCUT2D eigenvalue weighted by molar-refractivity contribution is 1.27. The largest absolute Gasteiger partial charge is 0.244 e. The van der Waals surface area contributed by atoms with E-state index in [9.17, 15) is 0 Å². The molecule has 1 heterocycles. The van der Waals surface area contributed by atoms with E-state index in [0.29, 0.717) is 11.4 Å². The lowest BCUT2D eigenvalue weighted by Crippen LogP contribution is -1.97. The predicted molar refractivity (Wildman–Crippen MR) is 127 cm³/mol. The monoisotopic (exact) mass is 394 g/mol. The zero-order valence-corrected chi connectivity index (χ0v) is 17.4. The molecule has 0 saturated carbocycles. The summed E-state index contributed by atoms with van der Waals surface area (Å²) in [6.45, 7) is 8.01. The van der Waals surface area contributed by atoms with Crippen LogP contribution in [0.3, 0.4) is 0 Å². The van der Waals surface area contributed by atoms with Gasteiger partial charge in [0.2, 0.25) is 0 Å². The molecule has 4 aromatic carbocycles. The number of nitrogens with zero attached hydrogens (tertiary/aromatic N) is 2. The van der Waals surface area contributed by atoms with Crippen LogP contribution in [0.5, 0.6) is 0 Å². The van der Waals surface area contributed by atoms with Crippen molar-refractivity contribution in [1.29, 1.82) is 0 Å². The number of fused-ring (bicyclic) bond motifs is 2. The topological polar surface area (TPSA) is 25.8 Å². The van der Waals surface area contributed by atoms with Crippen molar-refractivity contribution < 1.29 is 8.22 Å². The van der Waals surface area contributed by atoms with Crippen molar-refractivity contribution in [3.05, 3.63) is 94.9 Å². The maximum Gasteiger partial charge on any atom is 0.0973 e. The lowest BCUT2D eigenvalue weighted by atomic mass is 9.98. The highest BCUT2D eigenvalue weighted by atomic mass is 14.8. The number of benzene rings is 4. The number of aromatic nitrogens is 2. The van der Waals surface area contributed by atoms with Gasteiger partial charge in [-0.2, -0.15) is 0 Å². The van der Waals surface area contributed by atoms with Crippen LogP contribution in [0, 0.1) is 27.7 Å². The summed E-state index contributed by atoms with van der Waals surface area (Å²) < 4.78 is 50.7. The van der Waals surface area contributed by atoms with Crippen LogP contribution in [-0.4, -0.2) is 9.97 Å². The van der Waals surface area contributed by atoms with Crippen molar-refractivity contribution in [2.45, 2.75) is 27.7 Å². The second-order valence-corrected chi connectivity index (χ2v) is 7.87. The van der Waals surface area contributed by atoms with Gasteiger partial charge in [0.05, 0.1) is 30.6 Å². The number of aryl methyl sites for hydroxylation is 4. The van der Waals surface area contributed by atoms with Crippen LogP contribution < -0.4 is 0 Å². The molecule has 0 radical (unpaired) electrons. The fourth-order valence-electron chi connectivity index (χ4n) is 3.97. The minimum Gasteiger partial charge on any atom is -0.244 e. The summed E-state index contributed by atoms with van der Waals surface area (Å²) >= 11 is 0. The second kappa shape index (κ2) is 7.07. The Morgan fingerprint density at radius 1 is 0.567 bits per heavy atom. The Balaban J connectivity index is 2.00. The number of hydrogen-bond acceptors (Lipinski definition) is 2. The fraction of sp³-hybridized carbons (Fsp3) is 0.143. The molecule has 0 aliphatic carbocycles. The van der Waals surface area contributed by atoms with Gasteiger partial charge in [0.1, 0.15) is 0 Å². The van der Waals surface area contributed by atoms with Gasteiger partial charge >= 0.3 is 0 Å². The third-order valence-electron chi connectivity index (χ3n) is 5.06. The van der Waals surface area contributed by atoms with Gasteiger partial charge in [-0.1, -0.05) is 58.6 Å². The SMILES string of the molecule is [2H]c1c([2H])c([2H])c2c([2H])c3nc(-c4cc(C)cc(C)c4)c(-c4cc(C)cc(C)c4)nc3c([2H])c2c1[2H]. The molecule has 2 heteroatoms. The standard InChI is InChI=1S/C28H24N2/c1-17-9-18(2)12-23(11-17)27-28(24-13-19(3)10-20(4)14-24)30-26-16-22-8-6-5-7-21(22)15-25(26)29-27/h5-16H,1-4H3/i5D,6D,7D,8D,15D,16D. The van der Waals surface area contributed by atoms with E-state index in [1.165, 1.54) is 0 Å². The first-order chi connectivity index (χ1) is 17.0. The molecule has 5 aromatic rings. The van der Waals surface area contributed by atoms with E-state index in [1.807, 2.05) is 52.0 Å². The van der Waals surface area contributed by atoms with Crippen LogP contribution in [0.1, 0.15) is 30.5 Å². The van der Waals surface area contributed by atoms with Gasteiger partial charge < -0.3 is 0 Å². The Bertz CT molecular complexity index is 1580. The highest BCUT2D eigenvalue weighted by Crippen LogP contribution is 2.34. The molecule has 0 unspecified atom stereocenters. The Morgan fingerprint density at radius 2 is 0.933 bits per heavy atom. The molecule has 146 valence electrons. The summed E-state index contributed by atoms with van der Waals surface area (Å²) in [6.07, 6.45) is 0. The van der Waals surface area contributed by atoms with Crippen LogP contribution in [0.15, 0.2) is 72.7 Å².